The van der Waals surface area contributed by atoms with Gasteiger partial charge in [-0.05, 0) is 43.2 Å². The predicted octanol–water partition coefficient (Wildman–Crippen LogP) is 1.67. The van der Waals surface area contributed by atoms with Crippen LogP contribution in [0.5, 0.6) is 0 Å². The van der Waals surface area contributed by atoms with Crippen LogP contribution in [0.25, 0.3) is 10.9 Å². The molecule has 1 aromatic heterocycles. The third-order valence-electron chi connectivity index (χ3n) is 5.42. The number of hydrogen-bond donors (Lipinski definition) is 2. The Labute approximate surface area is 178 Å². The average molecular weight is 442 g/mol. The highest BCUT2D eigenvalue weighted by atomic mass is 32.2. The summed E-state index contributed by atoms with van der Waals surface area (Å²) in [5, 5.41) is 2.91. The van der Waals surface area contributed by atoms with Crippen LogP contribution in [0.1, 0.15) is 25.8 Å². The highest BCUT2D eigenvalue weighted by Gasteiger charge is 2.31. The van der Waals surface area contributed by atoms with Gasteiger partial charge in [-0.15, -0.1) is 0 Å². The third kappa shape index (κ3) is 4.04. The molecule has 2 N–H and O–H groups in total. The molecule has 1 aliphatic heterocycles. The van der Waals surface area contributed by atoms with Crippen LogP contribution in [-0.2, 0) is 14.8 Å². The van der Waals surface area contributed by atoms with Crippen LogP contribution in [0.4, 0.5) is 5.69 Å². The van der Waals surface area contributed by atoms with Gasteiger partial charge in [0, 0.05) is 31.7 Å². The monoisotopic (exact) mass is 442 g/mol. The number of nitrogens with zero attached hydrogens (tertiary/aromatic N) is 2. The fraction of sp³-hybridized carbons (Fsp3) is 0.286. The second kappa shape index (κ2) is 8.12. The van der Waals surface area contributed by atoms with Crippen molar-refractivity contribution in [1.29, 1.82) is 0 Å². The second-order valence-corrected chi connectivity index (χ2v) is 9.43. The van der Waals surface area contributed by atoms with E-state index in [1.54, 1.807) is 42.5 Å². The van der Waals surface area contributed by atoms with Gasteiger partial charge in [0.25, 0.3) is 5.56 Å². The molecule has 3 aromatic rings. The van der Waals surface area contributed by atoms with Crippen molar-refractivity contribution in [2.75, 3.05) is 18.4 Å². The number of nitrogens with one attached hydrogen (secondary N) is 2. The molecule has 1 saturated heterocycles. The predicted molar refractivity (Wildman–Crippen MR) is 117 cm³/mol. The van der Waals surface area contributed by atoms with Gasteiger partial charge < -0.3 is 10.3 Å². The van der Waals surface area contributed by atoms with Crippen LogP contribution in [0.3, 0.4) is 0 Å². The molecule has 1 fully saturated rings. The molecule has 2 aromatic carbocycles. The van der Waals surface area contributed by atoms with E-state index >= 15 is 0 Å². The van der Waals surface area contributed by atoms with Gasteiger partial charge in [-0.1, -0.05) is 18.2 Å². The van der Waals surface area contributed by atoms with Crippen molar-refractivity contribution < 1.29 is 13.2 Å². The van der Waals surface area contributed by atoms with Gasteiger partial charge in [0.15, 0.2) is 0 Å². The van der Waals surface area contributed by atoms with Gasteiger partial charge in [-0.25, -0.2) is 13.2 Å². The molecule has 162 valence electrons. The van der Waals surface area contributed by atoms with Crippen molar-refractivity contribution >= 4 is 32.5 Å². The molecule has 0 atom stereocenters. The summed E-state index contributed by atoms with van der Waals surface area (Å²) >= 11 is 0. The molecule has 9 nitrogen and oxygen atoms in total. The maximum absolute atomic E-state index is 13.1. The van der Waals surface area contributed by atoms with Crippen LogP contribution in [0.2, 0.25) is 0 Å². The molecule has 0 spiro atoms. The van der Waals surface area contributed by atoms with Crippen LogP contribution in [-0.4, -0.2) is 41.3 Å². The molecule has 2 heterocycles. The smallest absolute Gasteiger partial charge is 0.326 e. The number of H-pyrrole nitrogens is 1. The minimum Gasteiger partial charge on any atom is -0.326 e. The number of benzene rings is 2. The molecule has 0 saturated carbocycles. The summed E-state index contributed by atoms with van der Waals surface area (Å²) in [6.45, 7) is 1.78. The molecule has 31 heavy (non-hydrogen) atoms. The van der Waals surface area contributed by atoms with Crippen molar-refractivity contribution in [3.05, 3.63) is 69.4 Å². The lowest BCUT2D eigenvalue weighted by Gasteiger charge is -2.31. The third-order valence-corrected chi connectivity index (χ3v) is 7.33. The molecular formula is C21H22N4O5S. The molecule has 0 unspecified atom stereocenters. The van der Waals surface area contributed by atoms with Crippen LogP contribution < -0.4 is 16.6 Å². The molecule has 0 bridgehead atoms. The zero-order valence-corrected chi connectivity index (χ0v) is 17.7. The Morgan fingerprint density at radius 1 is 1.06 bits per heavy atom. The number of piperidine rings is 1. The standard InChI is InChI=1S/C21H22N4O5S/c1-14(26)22-15-7-8-19-18(13-15)20(27)25(21(28)23-19)16-9-11-24(12-10-16)31(29,30)17-5-3-2-4-6-17/h2-8,13,16H,9-12H2,1H3,(H,22,26)(H,23,28). The van der Waals surface area contributed by atoms with Crippen LogP contribution in [0.15, 0.2) is 63.0 Å². The van der Waals surface area contributed by atoms with Crippen molar-refractivity contribution in [3.8, 4) is 0 Å². The zero-order chi connectivity index (χ0) is 22.2. The number of fused-ring (bicyclic) bond motifs is 1. The highest BCUT2D eigenvalue weighted by Crippen LogP contribution is 2.25. The van der Waals surface area contributed by atoms with Crippen LogP contribution in [0, 0.1) is 0 Å². The molecule has 0 radical (unpaired) electrons. The fourth-order valence-corrected chi connectivity index (χ4v) is 5.41. The lowest BCUT2D eigenvalue weighted by atomic mass is 10.1. The van der Waals surface area contributed by atoms with Crippen LogP contribution >= 0.6 is 0 Å². The summed E-state index contributed by atoms with van der Waals surface area (Å²) in [5.74, 6) is -0.268. The quantitative estimate of drug-likeness (QED) is 0.637. The Balaban J connectivity index is 1.62. The number of aromatic amines is 1. The first-order valence-electron chi connectivity index (χ1n) is 9.89. The van der Waals surface area contributed by atoms with E-state index in [0.717, 1.165) is 4.57 Å². The lowest BCUT2D eigenvalue weighted by Crippen LogP contribution is -2.45. The summed E-state index contributed by atoms with van der Waals surface area (Å²) in [6, 6.07) is 12.5. The number of sulfonamides is 1. The van der Waals surface area contributed by atoms with Gasteiger partial charge >= 0.3 is 5.69 Å². The van der Waals surface area contributed by atoms with E-state index < -0.39 is 27.3 Å². The number of carbonyl (C=O) groups excluding carboxylic acids is 1. The number of rotatable bonds is 4. The summed E-state index contributed by atoms with van der Waals surface area (Å²) in [5.41, 5.74) is -0.159. The number of anilines is 1. The number of carbonyl (C=O) groups is 1. The Morgan fingerprint density at radius 3 is 2.39 bits per heavy atom. The summed E-state index contributed by atoms with van der Waals surface area (Å²) in [7, 11) is -3.62. The molecule has 1 amide bonds. The average Bonchev–Trinajstić information content (AvgIpc) is 2.75. The normalized spacial score (nSPS) is 15.8. The van der Waals surface area contributed by atoms with Crippen molar-refractivity contribution in [2.45, 2.75) is 30.7 Å². The van der Waals surface area contributed by atoms with Gasteiger partial charge in [-0.2, -0.15) is 4.31 Å². The van der Waals surface area contributed by atoms with E-state index in [2.05, 4.69) is 10.3 Å². The lowest BCUT2D eigenvalue weighted by molar-refractivity contribution is -0.114. The summed E-state index contributed by atoms with van der Waals surface area (Å²) < 4.78 is 28.2. The van der Waals surface area contributed by atoms with Crippen molar-refractivity contribution in [3.63, 3.8) is 0 Å². The Kier molecular flexibility index (Phi) is 5.50. The summed E-state index contributed by atoms with van der Waals surface area (Å²) in [6.07, 6.45) is 0.678. The Bertz CT molecular complexity index is 1350. The largest absolute Gasteiger partial charge is 0.329 e. The van der Waals surface area contributed by atoms with Gasteiger partial charge in [0.1, 0.15) is 0 Å². The highest BCUT2D eigenvalue weighted by molar-refractivity contribution is 7.89. The second-order valence-electron chi connectivity index (χ2n) is 7.50. The minimum atomic E-state index is -3.62. The molecule has 1 aliphatic rings. The van der Waals surface area contributed by atoms with Gasteiger partial charge in [0.05, 0.1) is 15.8 Å². The van der Waals surface area contributed by atoms with E-state index in [-0.39, 0.29) is 29.3 Å². The van der Waals surface area contributed by atoms with Crippen molar-refractivity contribution in [1.82, 2.24) is 13.9 Å². The first kappa shape index (κ1) is 21.0. The van der Waals surface area contributed by atoms with E-state index in [0.29, 0.717) is 24.0 Å². The number of aromatic nitrogens is 2. The molecular weight excluding hydrogens is 420 g/mol. The molecule has 4 rings (SSSR count). The number of hydrogen-bond acceptors (Lipinski definition) is 5. The maximum atomic E-state index is 13.1. The van der Waals surface area contributed by atoms with E-state index in [9.17, 15) is 22.8 Å². The minimum absolute atomic E-state index is 0.206. The zero-order valence-electron chi connectivity index (χ0n) is 16.9. The molecule has 0 aliphatic carbocycles. The molecule has 10 heteroatoms. The van der Waals surface area contributed by atoms with E-state index in [1.807, 2.05) is 0 Å². The topological polar surface area (TPSA) is 121 Å². The Morgan fingerprint density at radius 2 is 1.74 bits per heavy atom. The maximum Gasteiger partial charge on any atom is 0.329 e. The summed E-state index contributed by atoms with van der Waals surface area (Å²) in [4.78, 5) is 39.9. The van der Waals surface area contributed by atoms with E-state index in [4.69, 9.17) is 0 Å². The van der Waals surface area contributed by atoms with Gasteiger partial charge in [0.2, 0.25) is 15.9 Å². The van der Waals surface area contributed by atoms with Crippen molar-refractivity contribution in [2.24, 2.45) is 0 Å². The Hall–Kier alpha value is -3.24. The first-order chi connectivity index (χ1) is 14.8. The number of amides is 1. The van der Waals surface area contributed by atoms with Gasteiger partial charge in [-0.3, -0.25) is 14.2 Å². The van der Waals surface area contributed by atoms with E-state index in [1.165, 1.54) is 17.3 Å². The first-order valence-corrected chi connectivity index (χ1v) is 11.3. The fourth-order valence-electron chi connectivity index (χ4n) is 3.92. The SMILES string of the molecule is CC(=O)Nc1ccc2[nH]c(=O)n(C3CCN(S(=O)(=O)c4ccccc4)CC3)c(=O)c2c1.